The van der Waals surface area contributed by atoms with E-state index in [-0.39, 0.29) is 32.0 Å². The molecule has 1 aromatic carbocycles. The zero-order valence-electron chi connectivity index (χ0n) is 19.0. The van der Waals surface area contributed by atoms with Crippen molar-refractivity contribution in [1.29, 1.82) is 0 Å². The van der Waals surface area contributed by atoms with Gasteiger partial charge in [0.2, 0.25) is 5.91 Å². The van der Waals surface area contributed by atoms with Crippen LogP contribution < -0.4 is 16.0 Å². The average molecular weight is 498 g/mol. The van der Waals surface area contributed by atoms with Gasteiger partial charge in [-0.2, -0.15) is 26.3 Å². The van der Waals surface area contributed by atoms with E-state index in [4.69, 9.17) is 10.5 Å². The molecule has 0 unspecified atom stereocenters. The molecule has 7 nitrogen and oxygen atoms in total. The number of amides is 2. The molecular weight excluding hydrogens is 470 g/mol. The molecule has 13 heteroatoms. The predicted octanol–water partition coefficient (Wildman–Crippen LogP) is 3.24. The summed E-state index contributed by atoms with van der Waals surface area (Å²) in [4.78, 5) is 26.6. The summed E-state index contributed by atoms with van der Waals surface area (Å²) in [6.07, 6.45) is -9.48. The largest absolute Gasteiger partial charge is 0.418 e. The zero-order chi connectivity index (χ0) is 25.9. The Kier molecular flexibility index (Phi) is 8.59. The van der Waals surface area contributed by atoms with E-state index in [1.807, 2.05) is 0 Å². The number of ether oxygens (including phenoxy) is 1. The van der Waals surface area contributed by atoms with E-state index in [9.17, 15) is 35.9 Å². The van der Waals surface area contributed by atoms with Crippen LogP contribution in [0, 0.1) is 5.41 Å². The molecular formula is C21H28F6N4O3. The minimum Gasteiger partial charge on any atom is -0.370 e. The van der Waals surface area contributed by atoms with E-state index in [2.05, 4.69) is 5.32 Å². The molecule has 3 N–H and O–H groups in total. The van der Waals surface area contributed by atoms with Gasteiger partial charge in [-0.25, -0.2) is 0 Å². The van der Waals surface area contributed by atoms with Crippen molar-refractivity contribution in [3.05, 3.63) is 23.8 Å². The van der Waals surface area contributed by atoms with Gasteiger partial charge in [-0.05, 0) is 23.6 Å². The molecule has 1 aromatic rings. The van der Waals surface area contributed by atoms with Crippen molar-refractivity contribution in [3.63, 3.8) is 0 Å². The smallest absolute Gasteiger partial charge is 0.370 e. The van der Waals surface area contributed by atoms with E-state index in [0.717, 1.165) is 21.9 Å². The second kappa shape index (κ2) is 10.5. The van der Waals surface area contributed by atoms with Crippen LogP contribution >= 0.6 is 0 Å². The molecule has 1 fully saturated rings. The number of benzene rings is 1. The van der Waals surface area contributed by atoms with Crippen molar-refractivity contribution in [2.75, 3.05) is 49.6 Å². The second-order valence-electron chi connectivity index (χ2n) is 9.15. The van der Waals surface area contributed by atoms with Crippen LogP contribution in [0.4, 0.5) is 37.7 Å². The molecule has 1 aliphatic heterocycles. The lowest BCUT2D eigenvalue weighted by atomic mass is 9.95. The SMILES string of the molecule is CC(C)(C)CN(CC(F)(F)F)[C@@H](CN)C(=O)Nc1ccc(N2CCOCC2=O)c(C(F)(F)F)c1. The minimum absolute atomic E-state index is 0.0581. The summed E-state index contributed by atoms with van der Waals surface area (Å²) in [5, 5.41) is 2.24. The number of carbonyl (C=O) groups excluding carboxylic acids is 2. The topological polar surface area (TPSA) is 87.9 Å². The number of hydrogen-bond donors (Lipinski definition) is 2. The fourth-order valence-electron chi connectivity index (χ4n) is 3.61. The first kappa shape index (κ1) is 27.9. The van der Waals surface area contributed by atoms with Gasteiger partial charge < -0.3 is 20.7 Å². The maximum Gasteiger partial charge on any atom is 0.418 e. The van der Waals surface area contributed by atoms with Gasteiger partial charge >= 0.3 is 12.4 Å². The summed E-state index contributed by atoms with van der Waals surface area (Å²) in [6.45, 7) is 2.64. The van der Waals surface area contributed by atoms with Crippen molar-refractivity contribution >= 4 is 23.2 Å². The second-order valence-corrected chi connectivity index (χ2v) is 9.15. The lowest BCUT2D eigenvalue weighted by Crippen LogP contribution is -2.54. The summed E-state index contributed by atoms with van der Waals surface area (Å²) >= 11 is 0. The molecule has 0 radical (unpaired) electrons. The molecule has 192 valence electrons. The lowest BCUT2D eigenvalue weighted by Gasteiger charge is -2.35. The minimum atomic E-state index is -4.86. The molecule has 0 saturated carbocycles. The first-order valence-corrected chi connectivity index (χ1v) is 10.4. The van der Waals surface area contributed by atoms with E-state index in [0.29, 0.717) is 6.07 Å². The summed E-state index contributed by atoms with van der Waals surface area (Å²) in [5.41, 5.74) is 3.11. The highest BCUT2D eigenvalue weighted by molar-refractivity contribution is 5.98. The molecule has 0 aliphatic carbocycles. The Morgan fingerprint density at radius 1 is 1.18 bits per heavy atom. The summed E-state index contributed by atoms with van der Waals surface area (Å²) < 4.78 is 85.5. The van der Waals surface area contributed by atoms with Gasteiger partial charge in [-0.3, -0.25) is 14.5 Å². The number of alkyl halides is 6. The van der Waals surface area contributed by atoms with E-state index < -0.39 is 60.0 Å². The van der Waals surface area contributed by atoms with Gasteiger partial charge in [0.1, 0.15) is 12.6 Å². The standard InChI is InChI=1S/C21H28F6N4O3/c1-19(2,3)11-30(12-20(22,23)24)16(9-28)18(33)29-13-4-5-15(14(8-13)21(25,26)27)31-6-7-34-10-17(31)32/h4-5,8,16H,6-7,9-12,28H2,1-3H3,(H,29,33)/t16-/m0/s1. The number of nitrogens with zero attached hydrogens (tertiary/aromatic N) is 2. The number of nitrogens with one attached hydrogen (secondary N) is 1. The third kappa shape index (κ3) is 7.84. The number of morpholine rings is 1. The number of nitrogens with two attached hydrogens (primary N) is 1. The normalized spacial score (nSPS) is 16.7. The van der Waals surface area contributed by atoms with Gasteiger partial charge in [0.15, 0.2) is 0 Å². The quantitative estimate of drug-likeness (QED) is 0.564. The van der Waals surface area contributed by atoms with Gasteiger partial charge in [0.05, 0.1) is 24.4 Å². The monoisotopic (exact) mass is 498 g/mol. The first-order chi connectivity index (χ1) is 15.5. The number of hydrogen-bond acceptors (Lipinski definition) is 5. The van der Waals surface area contributed by atoms with Crippen LogP contribution in [0.25, 0.3) is 0 Å². The van der Waals surface area contributed by atoms with E-state index in [1.54, 1.807) is 20.8 Å². The van der Waals surface area contributed by atoms with Gasteiger partial charge in [-0.15, -0.1) is 0 Å². The van der Waals surface area contributed by atoms with E-state index >= 15 is 0 Å². The maximum absolute atomic E-state index is 13.7. The van der Waals surface area contributed by atoms with Crippen molar-refractivity contribution in [1.82, 2.24) is 4.90 Å². The summed E-state index contributed by atoms with van der Waals surface area (Å²) in [6, 6.07) is 1.38. The van der Waals surface area contributed by atoms with Crippen molar-refractivity contribution < 1.29 is 40.7 Å². The number of carbonyl (C=O) groups is 2. The van der Waals surface area contributed by atoms with Crippen molar-refractivity contribution in [2.45, 2.75) is 39.2 Å². The highest BCUT2D eigenvalue weighted by Crippen LogP contribution is 2.39. The Labute approximate surface area is 193 Å². The summed E-state index contributed by atoms with van der Waals surface area (Å²) in [5.74, 6) is -1.62. The summed E-state index contributed by atoms with van der Waals surface area (Å²) in [7, 11) is 0. The van der Waals surface area contributed by atoms with Gasteiger partial charge in [0.25, 0.3) is 5.91 Å². The highest BCUT2D eigenvalue weighted by Gasteiger charge is 2.39. The van der Waals surface area contributed by atoms with Crippen LogP contribution in [0.2, 0.25) is 0 Å². The molecule has 1 aliphatic rings. The van der Waals surface area contributed by atoms with E-state index in [1.165, 1.54) is 0 Å². The molecule has 1 atom stereocenters. The van der Waals surface area contributed by atoms with Gasteiger partial charge in [0, 0.05) is 25.3 Å². The fourth-order valence-corrected chi connectivity index (χ4v) is 3.61. The molecule has 1 saturated heterocycles. The van der Waals surface area contributed by atoms with Crippen molar-refractivity contribution in [3.8, 4) is 0 Å². The Hall–Kier alpha value is -2.38. The Morgan fingerprint density at radius 2 is 1.82 bits per heavy atom. The van der Waals surface area contributed by atoms with Crippen LogP contribution in [-0.4, -0.2) is 68.3 Å². The molecule has 2 amide bonds. The first-order valence-electron chi connectivity index (χ1n) is 10.4. The molecule has 2 rings (SSSR count). The molecule has 0 bridgehead atoms. The Balaban J connectivity index is 2.34. The Morgan fingerprint density at radius 3 is 2.32 bits per heavy atom. The average Bonchev–Trinajstić information content (AvgIpc) is 2.66. The van der Waals surface area contributed by atoms with Crippen LogP contribution in [0.3, 0.4) is 0 Å². The molecule has 34 heavy (non-hydrogen) atoms. The number of halogens is 6. The molecule has 0 aromatic heterocycles. The number of rotatable bonds is 7. The molecule has 1 heterocycles. The predicted molar refractivity (Wildman–Crippen MR) is 113 cm³/mol. The third-order valence-corrected chi connectivity index (χ3v) is 4.87. The number of anilines is 2. The van der Waals surface area contributed by atoms with Crippen LogP contribution in [0.1, 0.15) is 26.3 Å². The molecule has 0 spiro atoms. The Bertz CT molecular complexity index is 867. The third-order valence-electron chi connectivity index (χ3n) is 4.87. The fraction of sp³-hybridized carbons (Fsp3) is 0.619. The lowest BCUT2D eigenvalue weighted by molar-refractivity contribution is -0.156. The van der Waals surface area contributed by atoms with Crippen molar-refractivity contribution in [2.24, 2.45) is 11.1 Å². The van der Waals surface area contributed by atoms with Gasteiger partial charge in [-0.1, -0.05) is 20.8 Å². The zero-order valence-corrected chi connectivity index (χ0v) is 19.0. The van der Waals surface area contributed by atoms with Crippen LogP contribution in [0.15, 0.2) is 18.2 Å². The van der Waals surface area contributed by atoms with Crippen LogP contribution in [-0.2, 0) is 20.5 Å². The maximum atomic E-state index is 13.7. The van der Waals surface area contributed by atoms with Crippen LogP contribution in [0.5, 0.6) is 0 Å². The highest BCUT2D eigenvalue weighted by atomic mass is 19.4.